The molecule has 1 fully saturated rings. The largest absolute Gasteiger partial charge is 0.493 e. The van der Waals surface area contributed by atoms with E-state index in [9.17, 15) is 13.2 Å². The summed E-state index contributed by atoms with van der Waals surface area (Å²) in [4.78, 5) is 6.58. The molecular weight excluding hydrogens is 409 g/mol. The highest BCUT2D eigenvalue weighted by atomic mass is 19.4. The van der Waals surface area contributed by atoms with Crippen molar-refractivity contribution in [1.29, 1.82) is 0 Å². The number of hydrogen-bond donors (Lipinski definition) is 0. The fourth-order valence-electron chi connectivity index (χ4n) is 4.24. The maximum atomic E-state index is 13.6. The highest BCUT2D eigenvalue weighted by Gasteiger charge is 2.36. The molecule has 0 unspecified atom stereocenters. The topological polar surface area (TPSA) is 51.9 Å². The number of aromatic nitrogens is 3. The van der Waals surface area contributed by atoms with Gasteiger partial charge in [0.15, 0.2) is 17.1 Å². The molecule has 0 aliphatic carbocycles. The zero-order valence-electron chi connectivity index (χ0n) is 17.7. The molecule has 0 amide bonds. The molecule has 2 aromatic heterocycles. The number of methoxy groups -OCH3 is 2. The average molecular weight is 434 g/mol. The summed E-state index contributed by atoms with van der Waals surface area (Å²) in [5.74, 6) is 1.31. The van der Waals surface area contributed by atoms with Crippen molar-refractivity contribution in [2.75, 3.05) is 20.8 Å². The number of ether oxygens (including phenoxy) is 2. The Bertz CT molecular complexity index is 1080. The summed E-state index contributed by atoms with van der Waals surface area (Å²) in [6.07, 6.45) is -2.33. The van der Waals surface area contributed by atoms with Gasteiger partial charge in [0.1, 0.15) is 5.69 Å². The first kappa shape index (κ1) is 21.4. The number of alkyl halides is 3. The summed E-state index contributed by atoms with van der Waals surface area (Å²) in [5, 5.41) is 4.34. The lowest BCUT2D eigenvalue weighted by Crippen LogP contribution is -2.23. The Kier molecular flexibility index (Phi) is 5.79. The van der Waals surface area contributed by atoms with Crippen LogP contribution in [0.5, 0.6) is 11.5 Å². The molecule has 1 atom stereocenters. The van der Waals surface area contributed by atoms with E-state index in [0.717, 1.165) is 35.5 Å². The van der Waals surface area contributed by atoms with E-state index in [1.807, 2.05) is 18.2 Å². The number of aryl methyl sites for hydroxylation is 1. The van der Waals surface area contributed by atoms with E-state index in [1.165, 1.54) is 0 Å². The second-order valence-corrected chi connectivity index (χ2v) is 7.60. The molecule has 9 heteroatoms. The predicted molar refractivity (Wildman–Crippen MR) is 109 cm³/mol. The van der Waals surface area contributed by atoms with Crippen LogP contribution in [0.1, 0.15) is 48.5 Å². The maximum Gasteiger partial charge on any atom is 0.433 e. The molecule has 1 aliphatic rings. The molecular formula is C22H25F3N4O2. The van der Waals surface area contributed by atoms with E-state index in [2.05, 4.69) is 15.0 Å². The van der Waals surface area contributed by atoms with Crippen LogP contribution in [0.25, 0.3) is 5.65 Å². The van der Waals surface area contributed by atoms with Gasteiger partial charge < -0.3 is 9.47 Å². The third-order valence-electron chi connectivity index (χ3n) is 5.71. The van der Waals surface area contributed by atoms with Crippen LogP contribution in [-0.2, 0) is 19.1 Å². The normalized spacial score (nSPS) is 17.4. The van der Waals surface area contributed by atoms with E-state index in [0.29, 0.717) is 35.9 Å². The summed E-state index contributed by atoms with van der Waals surface area (Å²) in [5.41, 5.74) is 1.40. The first-order valence-electron chi connectivity index (χ1n) is 10.3. The molecule has 6 nitrogen and oxygen atoms in total. The van der Waals surface area contributed by atoms with Gasteiger partial charge in [-0.15, -0.1) is 0 Å². The van der Waals surface area contributed by atoms with Gasteiger partial charge in [-0.05, 0) is 37.9 Å². The molecule has 0 saturated carbocycles. The van der Waals surface area contributed by atoms with Crippen LogP contribution in [0.15, 0.2) is 30.3 Å². The number of para-hydroxylation sites is 1. The molecule has 4 rings (SSSR count). The lowest BCUT2D eigenvalue weighted by molar-refractivity contribution is -0.142. The van der Waals surface area contributed by atoms with Crippen molar-refractivity contribution in [3.8, 4) is 11.5 Å². The van der Waals surface area contributed by atoms with E-state index in [1.54, 1.807) is 27.2 Å². The number of rotatable bonds is 6. The van der Waals surface area contributed by atoms with Gasteiger partial charge in [0.05, 0.1) is 26.0 Å². The van der Waals surface area contributed by atoms with Gasteiger partial charge in [-0.1, -0.05) is 19.1 Å². The number of fused-ring (bicyclic) bond motifs is 1. The molecule has 1 aromatic carbocycles. The van der Waals surface area contributed by atoms with Crippen molar-refractivity contribution in [3.63, 3.8) is 0 Å². The first-order chi connectivity index (χ1) is 14.9. The van der Waals surface area contributed by atoms with Crippen molar-refractivity contribution in [2.24, 2.45) is 0 Å². The lowest BCUT2D eigenvalue weighted by atomic mass is 10.1. The zero-order valence-corrected chi connectivity index (χ0v) is 17.7. The summed E-state index contributed by atoms with van der Waals surface area (Å²) < 4.78 is 52.7. The SMILES string of the molecule is CCc1cc(C(F)(F)F)n2nc([C@H]3CCCN3Cc3cccc(OC)c3OC)cc2n1. The van der Waals surface area contributed by atoms with Crippen LogP contribution < -0.4 is 9.47 Å². The third-order valence-corrected chi connectivity index (χ3v) is 5.71. The smallest absolute Gasteiger partial charge is 0.433 e. The van der Waals surface area contributed by atoms with Gasteiger partial charge in [0, 0.05) is 23.9 Å². The molecule has 166 valence electrons. The molecule has 1 saturated heterocycles. The zero-order chi connectivity index (χ0) is 22.2. The van der Waals surface area contributed by atoms with E-state index in [4.69, 9.17) is 9.47 Å². The monoisotopic (exact) mass is 434 g/mol. The Labute approximate surface area is 178 Å². The van der Waals surface area contributed by atoms with Crippen LogP contribution >= 0.6 is 0 Å². The Balaban J connectivity index is 1.70. The summed E-state index contributed by atoms with van der Waals surface area (Å²) in [6.45, 7) is 3.19. The van der Waals surface area contributed by atoms with Crippen LogP contribution in [0.4, 0.5) is 13.2 Å². The quantitative estimate of drug-likeness (QED) is 0.565. The molecule has 3 heterocycles. The van der Waals surface area contributed by atoms with Crippen molar-refractivity contribution in [1.82, 2.24) is 19.5 Å². The highest BCUT2D eigenvalue weighted by Crippen LogP contribution is 2.38. The minimum atomic E-state index is -4.50. The molecule has 0 spiro atoms. The second kappa shape index (κ2) is 8.37. The Hall–Kier alpha value is -2.81. The van der Waals surface area contributed by atoms with Crippen molar-refractivity contribution in [2.45, 2.75) is 44.9 Å². The van der Waals surface area contributed by atoms with Crippen LogP contribution in [0.2, 0.25) is 0 Å². The van der Waals surface area contributed by atoms with Crippen molar-refractivity contribution >= 4 is 5.65 Å². The summed E-state index contributed by atoms with van der Waals surface area (Å²) in [6, 6.07) is 8.37. The van der Waals surface area contributed by atoms with E-state index < -0.39 is 11.9 Å². The average Bonchev–Trinajstić information content (AvgIpc) is 3.38. The summed E-state index contributed by atoms with van der Waals surface area (Å²) in [7, 11) is 3.19. The predicted octanol–water partition coefficient (Wildman–Crippen LogP) is 4.66. The van der Waals surface area contributed by atoms with Crippen LogP contribution in [0.3, 0.4) is 0 Å². The van der Waals surface area contributed by atoms with Gasteiger partial charge in [-0.2, -0.15) is 18.3 Å². The molecule has 3 aromatic rings. The van der Waals surface area contributed by atoms with Gasteiger partial charge >= 0.3 is 6.18 Å². The fraction of sp³-hybridized carbons (Fsp3) is 0.455. The Morgan fingerprint density at radius 1 is 1.16 bits per heavy atom. The lowest BCUT2D eigenvalue weighted by Gasteiger charge is -2.24. The van der Waals surface area contributed by atoms with Crippen molar-refractivity contribution < 1.29 is 22.6 Å². The van der Waals surface area contributed by atoms with Gasteiger partial charge in [0.25, 0.3) is 0 Å². The number of halogens is 3. The van der Waals surface area contributed by atoms with E-state index >= 15 is 0 Å². The number of hydrogen-bond acceptors (Lipinski definition) is 5. The minimum Gasteiger partial charge on any atom is -0.493 e. The molecule has 1 aliphatic heterocycles. The number of likely N-dealkylation sites (tertiary alicyclic amines) is 1. The van der Waals surface area contributed by atoms with Gasteiger partial charge in [0.2, 0.25) is 0 Å². The fourth-order valence-corrected chi connectivity index (χ4v) is 4.24. The van der Waals surface area contributed by atoms with Gasteiger partial charge in [-0.3, -0.25) is 4.90 Å². The number of nitrogens with zero attached hydrogens (tertiary/aromatic N) is 4. The standard InChI is InChI=1S/C22H25F3N4O2/c1-4-15-11-19(22(23,24)25)29-20(26-15)12-16(27-29)17-8-6-10-28(17)13-14-7-5-9-18(30-2)21(14)31-3/h5,7,9,11-12,17H,4,6,8,10,13H2,1-3H3/t17-/m1/s1. The van der Waals surface area contributed by atoms with Gasteiger partial charge in [-0.25, -0.2) is 9.50 Å². The Morgan fingerprint density at radius 2 is 1.97 bits per heavy atom. The van der Waals surface area contributed by atoms with E-state index in [-0.39, 0.29) is 11.7 Å². The van der Waals surface area contributed by atoms with Crippen LogP contribution in [-0.4, -0.2) is 40.3 Å². The molecule has 0 radical (unpaired) electrons. The van der Waals surface area contributed by atoms with Crippen molar-refractivity contribution in [3.05, 3.63) is 53.0 Å². The Morgan fingerprint density at radius 3 is 2.65 bits per heavy atom. The second-order valence-electron chi connectivity index (χ2n) is 7.60. The highest BCUT2D eigenvalue weighted by molar-refractivity contribution is 5.47. The molecule has 0 bridgehead atoms. The van der Waals surface area contributed by atoms with Crippen LogP contribution in [0, 0.1) is 0 Å². The summed E-state index contributed by atoms with van der Waals surface area (Å²) >= 11 is 0. The number of benzene rings is 1. The maximum absolute atomic E-state index is 13.6. The minimum absolute atomic E-state index is 0.0937. The first-order valence-corrected chi connectivity index (χ1v) is 10.3. The molecule has 31 heavy (non-hydrogen) atoms. The third kappa shape index (κ3) is 4.06. The molecule has 0 N–H and O–H groups in total.